The van der Waals surface area contributed by atoms with Gasteiger partial charge in [-0.3, -0.25) is 0 Å². The van der Waals surface area contributed by atoms with Gasteiger partial charge in [-0.1, -0.05) is 49.6 Å². The summed E-state index contributed by atoms with van der Waals surface area (Å²) in [4.78, 5) is 11.3. The minimum atomic E-state index is -0.634. The predicted molar refractivity (Wildman–Crippen MR) is 67.8 cm³/mol. The van der Waals surface area contributed by atoms with Gasteiger partial charge in [-0.15, -0.1) is 6.42 Å². The first-order chi connectivity index (χ1) is 8.76. The van der Waals surface area contributed by atoms with Gasteiger partial charge in [-0.2, -0.15) is 0 Å². The van der Waals surface area contributed by atoms with Crippen LogP contribution in [0.25, 0.3) is 0 Å². The van der Waals surface area contributed by atoms with Crippen molar-refractivity contribution < 1.29 is 14.3 Å². The maximum Gasteiger partial charge on any atom is 0.509 e. The zero-order valence-corrected chi connectivity index (χ0v) is 10.3. The summed E-state index contributed by atoms with van der Waals surface area (Å²) in [5.74, 6) is 2.60. The smallest absolute Gasteiger partial charge is 0.425 e. The molecule has 1 aromatic rings. The molecule has 1 aromatic carbocycles. The largest absolute Gasteiger partial charge is 0.509 e. The van der Waals surface area contributed by atoms with E-state index in [-0.39, 0.29) is 12.0 Å². The average molecular weight is 244 g/mol. The highest BCUT2D eigenvalue weighted by Crippen LogP contribution is 2.35. The fraction of sp³-hybridized carbons (Fsp3) is 0.400. The van der Waals surface area contributed by atoms with Gasteiger partial charge in [0.05, 0.1) is 5.92 Å². The van der Waals surface area contributed by atoms with Crippen LogP contribution in [0.1, 0.15) is 31.4 Å². The van der Waals surface area contributed by atoms with Crippen LogP contribution in [0, 0.1) is 18.3 Å². The van der Waals surface area contributed by atoms with E-state index in [0.29, 0.717) is 0 Å². The van der Waals surface area contributed by atoms with E-state index in [4.69, 9.17) is 15.9 Å². The molecule has 3 nitrogen and oxygen atoms in total. The number of hydrogen-bond acceptors (Lipinski definition) is 3. The Morgan fingerprint density at radius 2 is 2.06 bits per heavy atom. The minimum absolute atomic E-state index is 0.105. The zero-order chi connectivity index (χ0) is 13.0. The summed E-state index contributed by atoms with van der Waals surface area (Å²) in [5.41, 5.74) is 0.921. The number of cyclic esters (lactones) is 2. The highest BCUT2D eigenvalue weighted by atomic mass is 16.8. The molecule has 1 heterocycles. The van der Waals surface area contributed by atoms with Crippen LogP contribution in [0.3, 0.4) is 0 Å². The standard InChI is InChI=1S/C15H16O3/c1-3-8-11(4-2)13-14(18-15(16)17-13)12-9-6-5-7-10-12/h2,5-7,9-11,13-14H,3,8H2,1H3/t11-,13+,14-/m0/s1. The Labute approximate surface area is 107 Å². The van der Waals surface area contributed by atoms with Crippen molar-refractivity contribution in [2.75, 3.05) is 0 Å². The minimum Gasteiger partial charge on any atom is -0.425 e. The fourth-order valence-electron chi connectivity index (χ4n) is 2.22. The van der Waals surface area contributed by atoms with Crippen LogP contribution in [0.15, 0.2) is 30.3 Å². The molecule has 1 saturated heterocycles. The van der Waals surface area contributed by atoms with Gasteiger partial charge in [0.1, 0.15) is 0 Å². The molecule has 0 N–H and O–H groups in total. The second-order valence-electron chi connectivity index (χ2n) is 4.34. The second-order valence-corrected chi connectivity index (χ2v) is 4.34. The maximum atomic E-state index is 11.3. The van der Waals surface area contributed by atoms with Crippen LogP contribution in [0.2, 0.25) is 0 Å². The van der Waals surface area contributed by atoms with Crippen molar-refractivity contribution in [3.8, 4) is 12.3 Å². The molecule has 0 bridgehead atoms. The monoisotopic (exact) mass is 244 g/mol. The molecule has 0 radical (unpaired) electrons. The molecule has 1 fully saturated rings. The van der Waals surface area contributed by atoms with Crippen LogP contribution >= 0.6 is 0 Å². The topological polar surface area (TPSA) is 35.5 Å². The van der Waals surface area contributed by atoms with Crippen molar-refractivity contribution >= 4 is 6.16 Å². The zero-order valence-electron chi connectivity index (χ0n) is 10.3. The van der Waals surface area contributed by atoms with Gasteiger partial charge in [0.15, 0.2) is 12.2 Å². The third-order valence-corrected chi connectivity index (χ3v) is 3.09. The summed E-state index contributed by atoms with van der Waals surface area (Å²) in [7, 11) is 0. The van der Waals surface area contributed by atoms with Gasteiger partial charge in [0, 0.05) is 0 Å². The molecule has 1 aliphatic heterocycles. The molecule has 0 unspecified atom stereocenters. The Bertz CT molecular complexity index is 447. The lowest BCUT2D eigenvalue weighted by molar-refractivity contribution is 0.105. The molecule has 0 amide bonds. The number of ether oxygens (including phenoxy) is 2. The Balaban J connectivity index is 2.23. The fourth-order valence-corrected chi connectivity index (χ4v) is 2.22. The molecule has 2 rings (SSSR count). The lowest BCUT2D eigenvalue weighted by Crippen LogP contribution is -2.24. The number of carbonyl (C=O) groups excluding carboxylic acids is 1. The highest BCUT2D eigenvalue weighted by molar-refractivity contribution is 5.63. The number of hydrogen-bond donors (Lipinski definition) is 0. The van der Waals surface area contributed by atoms with Gasteiger partial charge < -0.3 is 9.47 Å². The molecule has 1 aliphatic rings. The van der Waals surface area contributed by atoms with E-state index in [1.165, 1.54) is 0 Å². The average Bonchev–Trinajstić information content (AvgIpc) is 2.79. The van der Waals surface area contributed by atoms with Crippen molar-refractivity contribution in [1.29, 1.82) is 0 Å². The number of terminal acetylenes is 1. The van der Waals surface area contributed by atoms with Gasteiger partial charge in [-0.05, 0) is 12.0 Å². The third kappa shape index (κ3) is 2.48. The van der Waals surface area contributed by atoms with Crippen molar-refractivity contribution in [1.82, 2.24) is 0 Å². The molecular formula is C15H16O3. The first-order valence-corrected chi connectivity index (χ1v) is 6.14. The Kier molecular flexibility index (Phi) is 3.88. The summed E-state index contributed by atoms with van der Waals surface area (Å²) >= 11 is 0. The van der Waals surface area contributed by atoms with Crippen LogP contribution in [-0.4, -0.2) is 12.3 Å². The molecule has 0 spiro atoms. The van der Waals surface area contributed by atoms with E-state index in [1.54, 1.807) is 0 Å². The molecule has 3 heteroatoms. The quantitative estimate of drug-likeness (QED) is 0.602. The van der Waals surface area contributed by atoms with E-state index in [1.807, 2.05) is 30.3 Å². The summed E-state index contributed by atoms with van der Waals surface area (Å²) in [5, 5.41) is 0. The number of rotatable bonds is 4. The summed E-state index contributed by atoms with van der Waals surface area (Å²) < 4.78 is 10.5. The highest BCUT2D eigenvalue weighted by Gasteiger charge is 2.41. The van der Waals surface area contributed by atoms with Gasteiger partial charge in [-0.25, -0.2) is 4.79 Å². The van der Waals surface area contributed by atoms with Crippen molar-refractivity contribution in [2.45, 2.75) is 32.0 Å². The Hall–Kier alpha value is -1.95. The van der Waals surface area contributed by atoms with Crippen LogP contribution < -0.4 is 0 Å². The van der Waals surface area contributed by atoms with E-state index >= 15 is 0 Å². The van der Waals surface area contributed by atoms with Crippen molar-refractivity contribution in [2.24, 2.45) is 5.92 Å². The van der Waals surface area contributed by atoms with E-state index in [2.05, 4.69) is 12.8 Å². The molecule has 3 atom stereocenters. The molecule has 94 valence electrons. The van der Waals surface area contributed by atoms with E-state index in [0.717, 1.165) is 18.4 Å². The summed E-state index contributed by atoms with van der Waals surface area (Å²) in [6.07, 6.45) is 5.88. The molecule has 18 heavy (non-hydrogen) atoms. The van der Waals surface area contributed by atoms with Crippen LogP contribution in [0.5, 0.6) is 0 Å². The van der Waals surface area contributed by atoms with Crippen LogP contribution in [-0.2, 0) is 9.47 Å². The maximum absolute atomic E-state index is 11.3. The molecule has 0 aromatic heterocycles. The lowest BCUT2D eigenvalue weighted by atomic mass is 9.91. The predicted octanol–water partition coefficient (Wildman–Crippen LogP) is 3.31. The van der Waals surface area contributed by atoms with Gasteiger partial charge in [0.25, 0.3) is 0 Å². The SMILES string of the molecule is C#C[C@@H](CCC)[C@H]1OC(=O)O[C@H]1c1ccccc1. The summed E-state index contributed by atoms with van der Waals surface area (Å²) in [6.45, 7) is 2.06. The summed E-state index contributed by atoms with van der Waals surface area (Å²) in [6, 6.07) is 9.56. The lowest BCUT2D eigenvalue weighted by Gasteiger charge is -2.20. The Morgan fingerprint density at radius 1 is 1.33 bits per heavy atom. The van der Waals surface area contributed by atoms with Gasteiger partial charge >= 0.3 is 6.16 Å². The second kappa shape index (κ2) is 5.59. The third-order valence-electron chi connectivity index (χ3n) is 3.09. The van der Waals surface area contributed by atoms with E-state index in [9.17, 15) is 4.79 Å². The molecular weight excluding hydrogens is 228 g/mol. The first-order valence-electron chi connectivity index (χ1n) is 6.14. The van der Waals surface area contributed by atoms with E-state index < -0.39 is 12.3 Å². The van der Waals surface area contributed by atoms with Gasteiger partial charge in [0.2, 0.25) is 0 Å². The molecule has 0 saturated carbocycles. The Morgan fingerprint density at radius 3 is 2.67 bits per heavy atom. The number of carbonyl (C=O) groups is 1. The normalized spacial score (nSPS) is 23.9. The van der Waals surface area contributed by atoms with Crippen LogP contribution in [0.4, 0.5) is 4.79 Å². The number of benzene rings is 1. The van der Waals surface area contributed by atoms with Crippen molar-refractivity contribution in [3.05, 3.63) is 35.9 Å². The first kappa shape index (κ1) is 12.5. The van der Waals surface area contributed by atoms with Crippen molar-refractivity contribution in [3.63, 3.8) is 0 Å². The molecule has 0 aliphatic carbocycles.